The highest BCUT2D eigenvalue weighted by molar-refractivity contribution is 7.45. The Balaban J connectivity index is 5.39. The molecule has 0 fully saturated rings. The first kappa shape index (κ1) is 75.4. The maximum absolute atomic E-state index is 13.6. The zero-order chi connectivity index (χ0) is 57.9. The summed E-state index contributed by atoms with van der Waals surface area (Å²) in [5.74, 6) is -0.653. The van der Waals surface area contributed by atoms with Crippen molar-refractivity contribution in [1.82, 2.24) is 5.32 Å². The van der Waals surface area contributed by atoms with Gasteiger partial charge in [-0.25, -0.2) is 0 Å². The van der Waals surface area contributed by atoms with Crippen molar-refractivity contribution in [1.29, 1.82) is 0 Å². The van der Waals surface area contributed by atoms with E-state index in [2.05, 4.69) is 123 Å². The van der Waals surface area contributed by atoms with E-state index < -0.39 is 32.5 Å². The van der Waals surface area contributed by atoms with Crippen molar-refractivity contribution in [2.45, 2.75) is 264 Å². The number of hydrogen-bond acceptors (Lipinski definition) is 7. The summed E-state index contributed by atoms with van der Waals surface area (Å²) in [6.45, 7) is 6.64. The van der Waals surface area contributed by atoms with E-state index in [4.69, 9.17) is 13.8 Å². The zero-order valence-electron chi connectivity index (χ0n) is 51.5. The molecule has 0 saturated carbocycles. The summed E-state index contributed by atoms with van der Waals surface area (Å²) in [4.78, 5) is 40.0. The van der Waals surface area contributed by atoms with Crippen LogP contribution in [0.3, 0.4) is 0 Å². The number of quaternary nitrogens is 1. The van der Waals surface area contributed by atoms with Gasteiger partial charge in [-0.2, -0.15) is 0 Å². The molecule has 0 radical (unpaired) electrons. The Morgan fingerprint density at radius 1 is 0.456 bits per heavy atom. The molecule has 0 saturated heterocycles. The number of carbonyl (C=O) groups is 2. The third kappa shape index (κ3) is 58.9. The number of nitrogens with zero attached hydrogens (tertiary/aromatic N) is 1. The number of rotatable bonds is 56. The Kier molecular flexibility index (Phi) is 55.0. The van der Waals surface area contributed by atoms with Crippen molar-refractivity contribution in [3.8, 4) is 0 Å². The van der Waals surface area contributed by atoms with Crippen LogP contribution in [-0.2, 0) is 27.9 Å². The number of phosphoric ester groups is 1. The monoisotopic (exact) mass is 1120 g/mol. The topological polar surface area (TPSA) is 114 Å². The van der Waals surface area contributed by atoms with Crippen molar-refractivity contribution in [2.24, 2.45) is 0 Å². The van der Waals surface area contributed by atoms with Crippen LogP contribution in [0.2, 0.25) is 0 Å². The molecule has 0 aliphatic rings. The van der Waals surface area contributed by atoms with Crippen LogP contribution in [0.5, 0.6) is 0 Å². The molecular formula is C69H119N2O7P. The fourth-order valence-electron chi connectivity index (χ4n) is 8.50. The Hall–Kier alpha value is -3.59. The lowest BCUT2D eigenvalue weighted by Gasteiger charge is -2.30. The highest BCUT2D eigenvalue weighted by Gasteiger charge is 2.27. The van der Waals surface area contributed by atoms with E-state index in [-0.39, 0.29) is 25.4 Å². The maximum Gasteiger partial charge on any atom is 0.306 e. The fraction of sp³-hybridized carbons (Fsp3) is 0.681. The van der Waals surface area contributed by atoms with Crippen LogP contribution < -0.4 is 10.2 Å². The standard InChI is InChI=1S/C69H119N2O7P/c1-7-10-13-16-19-22-25-28-30-32-34-35-37-38-40-43-46-49-52-55-58-61-68(72)70-66(65-77-79(74,75)76-64-63-71(4,5)6)67(60-57-54-51-48-45-42-27-24-21-18-15-12-9-3)78-69(73)62-59-56-53-50-47-44-41-39-36-33-31-29-26-23-20-17-14-11-8-2/h11,14,19-20,22-23,28-31,34-36,39,44,47,53,56-57,60,66-67H,7-10,12-13,15-18,21,24-27,32-33,37-38,40-43,45-46,48-52,54-55,58-59,61-65H2,1-6H3,(H-,70,72,74,75)/b14-11-,22-19-,23-20-,30-28-,31-29-,35-34-,39-36-,47-44-,56-53-,60-57+. The first-order valence-electron chi connectivity index (χ1n) is 31.8. The number of likely N-dealkylation sites (N-methyl/N-ethyl adjacent to an activating group) is 1. The van der Waals surface area contributed by atoms with Crippen molar-refractivity contribution >= 4 is 19.7 Å². The smallest absolute Gasteiger partial charge is 0.306 e. The predicted molar refractivity (Wildman–Crippen MR) is 339 cm³/mol. The highest BCUT2D eigenvalue weighted by Crippen LogP contribution is 2.38. The number of allylic oxidation sites excluding steroid dienone is 19. The maximum atomic E-state index is 13.6. The van der Waals surface area contributed by atoms with E-state index >= 15 is 0 Å². The first-order valence-corrected chi connectivity index (χ1v) is 33.3. The lowest BCUT2D eigenvalue weighted by Crippen LogP contribution is -2.47. The van der Waals surface area contributed by atoms with Gasteiger partial charge in [0, 0.05) is 12.8 Å². The molecule has 0 aromatic rings. The molecule has 3 unspecified atom stereocenters. The molecule has 1 amide bonds. The number of hydrogen-bond donors (Lipinski definition) is 1. The van der Waals surface area contributed by atoms with Gasteiger partial charge < -0.3 is 28.5 Å². The molecule has 0 bridgehead atoms. The Morgan fingerprint density at radius 3 is 1.27 bits per heavy atom. The van der Waals surface area contributed by atoms with Crippen molar-refractivity contribution < 1.29 is 37.3 Å². The van der Waals surface area contributed by atoms with Gasteiger partial charge in [-0.05, 0) is 109 Å². The molecule has 0 aromatic heterocycles. The molecule has 0 heterocycles. The highest BCUT2D eigenvalue weighted by atomic mass is 31.2. The van der Waals surface area contributed by atoms with Crippen molar-refractivity contribution in [3.63, 3.8) is 0 Å². The summed E-state index contributed by atoms with van der Waals surface area (Å²) in [5.41, 5.74) is 0. The largest absolute Gasteiger partial charge is 0.756 e. The van der Waals surface area contributed by atoms with Crippen molar-refractivity contribution in [2.75, 3.05) is 40.9 Å². The molecule has 0 aliphatic heterocycles. The molecule has 0 spiro atoms. The average Bonchev–Trinajstić information content (AvgIpc) is 3.41. The predicted octanol–water partition coefficient (Wildman–Crippen LogP) is 19.3. The van der Waals surface area contributed by atoms with Crippen LogP contribution in [0.4, 0.5) is 0 Å². The SMILES string of the molecule is CC/C=C\C/C=C\C/C=C\C/C=C\C/C=C\C/C=C\CCC(=O)OC(/C=C/CCCCCCCCCCCCC)C(COP(=O)([O-])OCC[N+](C)(C)C)NC(=O)CCCCCCCCCC/C=C\C/C=C\C/C=C\CCCCC. The zero-order valence-corrected chi connectivity index (χ0v) is 52.4. The number of phosphoric acid groups is 1. The quantitative estimate of drug-likeness (QED) is 0.0212. The Labute approximate surface area is 486 Å². The summed E-state index contributed by atoms with van der Waals surface area (Å²) in [5, 5.41) is 3.01. The molecule has 3 atom stereocenters. The third-order valence-corrected chi connectivity index (χ3v) is 14.4. The van der Waals surface area contributed by atoms with Crippen LogP contribution in [0.25, 0.3) is 0 Å². The molecular weight excluding hydrogens is 1000 g/mol. The molecule has 0 aromatic carbocycles. The summed E-state index contributed by atoms with van der Waals surface area (Å²) in [6, 6.07) is -0.932. The van der Waals surface area contributed by atoms with Gasteiger partial charge in [0.25, 0.3) is 7.82 Å². The van der Waals surface area contributed by atoms with Gasteiger partial charge in [0.1, 0.15) is 19.3 Å². The van der Waals surface area contributed by atoms with Gasteiger partial charge >= 0.3 is 5.97 Å². The van der Waals surface area contributed by atoms with Gasteiger partial charge in [-0.3, -0.25) is 14.2 Å². The summed E-state index contributed by atoms with van der Waals surface area (Å²) in [6.07, 6.45) is 80.3. The van der Waals surface area contributed by atoms with E-state index in [0.29, 0.717) is 23.9 Å². The fourth-order valence-corrected chi connectivity index (χ4v) is 9.22. The minimum atomic E-state index is -4.73. The molecule has 79 heavy (non-hydrogen) atoms. The minimum absolute atomic E-state index is 0.0412. The number of carbonyl (C=O) groups excluding carboxylic acids is 2. The molecule has 10 heteroatoms. The van der Waals surface area contributed by atoms with Gasteiger partial charge in [0.15, 0.2) is 0 Å². The van der Waals surface area contributed by atoms with Crippen LogP contribution >= 0.6 is 7.82 Å². The molecule has 9 nitrogen and oxygen atoms in total. The third-order valence-electron chi connectivity index (χ3n) is 13.4. The number of unbranched alkanes of at least 4 members (excludes halogenated alkanes) is 22. The lowest BCUT2D eigenvalue weighted by atomic mass is 10.0. The van der Waals surface area contributed by atoms with Crippen molar-refractivity contribution in [3.05, 3.63) is 122 Å². The molecule has 452 valence electrons. The Bertz CT molecular complexity index is 1770. The normalized spacial score (nSPS) is 14.5. The molecule has 1 N–H and O–H groups in total. The second-order valence-electron chi connectivity index (χ2n) is 22.2. The van der Waals surface area contributed by atoms with Gasteiger partial charge in [0.05, 0.1) is 33.8 Å². The summed E-state index contributed by atoms with van der Waals surface area (Å²) >= 11 is 0. The molecule has 0 aliphatic carbocycles. The van der Waals surface area contributed by atoms with Crippen LogP contribution in [0.1, 0.15) is 252 Å². The van der Waals surface area contributed by atoms with Gasteiger partial charge in [0.2, 0.25) is 5.91 Å². The summed E-state index contributed by atoms with van der Waals surface area (Å²) in [7, 11) is 1.13. The van der Waals surface area contributed by atoms with E-state index in [9.17, 15) is 19.0 Å². The van der Waals surface area contributed by atoms with Crippen LogP contribution in [-0.4, -0.2) is 69.4 Å². The Morgan fingerprint density at radius 2 is 0.823 bits per heavy atom. The van der Waals surface area contributed by atoms with E-state index in [1.807, 2.05) is 39.4 Å². The molecule has 0 rings (SSSR count). The van der Waals surface area contributed by atoms with E-state index in [1.54, 1.807) is 6.08 Å². The van der Waals surface area contributed by atoms with Crippen LogP contribution in [0.15, 0.2) is 122 Å². The van der Waals surface area contributed by atoms with Gasteiger partial charge in [-0.15, -0.1) is 0 Å². The first-order chi connectivity index (χ1) is 38.4. The lowest BCUT2D eigenvalue weighted by molar-refractivity contribution is -0.870. The number of nitrogens with one attached hydrogen (secondary N) is 1. The average molecular weight is 1120 g/mol. The van der Waals surface area contributed by atoms with Crippen LogP contribution in [0, 0.1) is 0 Å². The van der Waals surface area contributed by atoms with E-state index in [0.717, 1.165) is 96.3 Å². The van der Waals surface area contributed by atoms with E-state index in [1.165, 1.54) is 109 Å². The summed E-state index contributed by atoms with van der Waals surface area (Å²) < 4.78 is 30.3. The second kappa shape index (κ2) is 57.6. The van der Waals surface area contributed by atoms with Gasteiger partial charge in [-0.1, -0.05) is 252 Å². The minimum Gasteiger partial charge on any atom is -0.756 e. The number of ether oxygens (including phenoxy) is 1. The number of esters is 1. The number of amides is 1. The second-order valence-corrected chi connectivity index (χ2v) is 23.6.